The standard InChI is InChI=1S/C18H24FN5/c1-23-9-15(17-8-21-11-24(17)2)16(10-23)22-18(12-3-4-12)13-5-14(19)7-20-6-13/h5-8,11-12,15-16,18,22H,3-4,9-10H2,1-2H3. The Morgan fingerprint density at radius 2 is 2.00 bits per heavy atom. The van der Waals surface area contributed by atoms with Gasteiger partial charge in [0.2, 0.25) is 0 Å². The monoisotopic (exact) mass is 329 g/mol. The van der Waals surface area contributed by atoms with Gasteiger partial charge in [-0.15, -0.1) is 0 Å². The van der Waals surface area contributed by atoms with E-state index in [1.54, 1.807) is 12.3 Å². The van der Waals surface area contributed by atoms with Crippen LogP contribution in [0.25, 0.3) is 0 Å². The van der Waals surface area contributed by atoms with Gasteiger partial charge in [0.1, 0.15) is 5.82 Å². The van der Waals surface area contributed by atoms with Crippen LogP contribution in [0.15, 0.2) is 31.0 Å². The first-order valence-corrected chi connectivity index (χ1v) is 8.63. The van der Waals surface area contributed by atoms with Gasteiger partial charge < -0.3 is 14.8 Å². The van der Waals surface area contributed by atoms with E-state index in [9.17, 15) is 4.39 Å². The van der Waals surface area contributed by atoms with E-state index >= 15 is 0 Å². The van der Waals surface area contributed by atoms with Crippen LogP contribution in [0.1, 0.15) is 36.1 Å². The number of nitrogens with zero attached hydrogens (tertiary/aromatic N) is 4. The Hall–Kier alpha value is -1.79. The molecule has 3 unspecified atom stereocenters. The summed E-state index contributed by atoms with van der Waals surface area (Å²) in [5.41, 5.74) is 2.22. The molecular formula is C18H24FN5. The molecule has 3 heterocycles. The van der Waals surface area contributed by atoms with Crippen LogP contribution in [0.3, 0.4) is 0 Å². The molecular weight excluding hydrogens is 305 g/mol. The summed E-state index contributed by atoms with van der Waals surface area (Å²) in [6.45, 7) is 2.00. The van der Waals surface area contributed by atoms with E-state index in [1.807, 2.05) is 19.6 Å². The number of likely N-dealkylation sites (N-methyl/N-ethyl adjacent to an activating group) is 1. The summed E-state index contributed by atoms with van der Waals surface area (Å²) >= 11 is 0. The Kier molecular flexibility index (Phi) is 4.10. The Bertz CT molecular complexity index is 711. The van der Waals surface area contributed by atoms with Crippen LogP contribution in [-0.2, 0) is 7.05 Å². The van der Waals surface area contributed by atoms with Crippen LogP contribution >= 0.6 is 0 Å². The van der Waals surface area contributed by atoms with Crippen molar-refractivity contribution < 1.29 is 4.39 Å². The molecule has 0 radical (unpaired) electrons. The molecule has 1 N–H and O–H groups in total. The summed E-state index contributed by atoms with van der Waals surface area (Å²) in [7, 11) is 4.20. The molecule has 0 bridgehead atoms. The van der Waals surface area contributed by atoms with Crippen LogP contribution in [0, 0.1) is 11.7 Å². The molecule has 2 aromatic rings. The number of rotatable bonds is 5. The minimum atomic E-state index is -0.258. The van der Waals surface area contributed by atoms with Crippen molar-refractivity contribution in [3.63, 3.8) is 0 Å². The van der Waals surface area contributed by atoms with E-state index in [1.165, 1.54) is 24.7 Å². The van der Waals surface area contributed by atoms with Gasteiger partial charge in [-0.3, -0.25) is 4.98 Å². The van der Waals surface area contributed by atoms with Gasteiger partial charge in [0.05, 0.1) is 12.5 Å². The molecule has 0 spiro atoms. The van der Waals surface area contributed by atoms with E-state index in [0.29, 0.717) is 17.9 Å². The Balaban J connectivity index is 1.58. The van der Waals surface area contributed by atoms with E-state index in [0.717, 1.165) is 18.7 Å². The second-order valence-electron chi connectivity index (χ2n) is 7.28. The zero-order valence-electron chi connectivity index (χ0n) is 14.2. The van der Waals surface area contributed by atoms with Gasteiger partial charge in [0.15, 0.2) is 0 Å². The van der Waals surface area contributed by atoms with Gasteiger partial charge in [-0.2, -0.15) is 0 Å². The average molecular weight is 329 g/mol. The fourth-order valence-electron chi connectivity index (χ4n) is 3.96. The molecule has 1 aliphatic carbocycles. The summed E-state index contributed by atoms with van der Waals surface area (Å²) < 4.78 is 15.7. The number of aromatic nitrogens is 3. The zero-order chi connectivity index (χ0) is 16.7. The summed E-state index contributed by atoms with van der Waals surface area (Å²) in [5, 5.41) is 3.83. The second kappa shape index (κ2) is 6.26. The van der Waals surface area contributed by atoms with Crippen LogP contribution in [0.2, 0.25) is 0 Å². The fraction of sp³-hybridized carbons (Fsp3) is 0.556. The van der Waals surface area contributed by atoms with E-state index in [4.69, 9.17) is 0 Å². The highest BCUT2D eigenvalue weighted by Crippen LogP contribution is 2.42. The summed E-state index contributed by atoms with van der Waals surface area (Å²) in [4.78, 5) is 10.7. The Morgan fingerprint density at radius 1 is 1.17 bits per heavy atom. The number of hydrogen-bond donors (Lipinski definition) is 1. The molecule has 1 saturated heterocycles. The SMILES string of the molecule is CN1CC(NC(c2cncc(F)c2)C2CC2)C(c2cncn2C)C1. The number of nitrogens with one attached hydrogen (secondary N) is 1. The molecule has 128 valence electrons. The highest BCUT2D eigenvalue weighted by atomic mass is 19.1. The first kappa shape index (κ1) is 15.7. The van der Waals surface area contributed by atoms with Crippen LogP contribution in [0.4, 0.5) is 4.39 Å². The molecule has 2 aromatic heterocycles. The minimum absolute atomic E-state index is 0.181. The number of imidazole rings is 1. The summed E-state index contributed by atoms with van der Waals surface area (Å²) in [5.74, 6) is 0.726. The zero-order valence-corrected chi connectivity index (χ0v) is 14.2. The van der Waals surface area contributed by atoms with E-state index in [2.05, 4.69) is 31.8 Å². The summed E-state index contributed by atoms with van der Waals surface area (Å²) in [6, 6.07) is 2.14. The number of pyridine rings is 1. The molecule has 24 heavy (non-hydrogen) atoms. The van der Waals surface area contributed by atoms with Crippen molar-refractivity contribution in [1.82, 2.24) is 24.8 Å². The Morgan fingerprint density at radius 3 is 2.67 bits per heavy atom. The maximum absolute atomic E-state index is 13.6. The molecule has 1 saturated carbocycles. The molecule has 6 heteroatoms. The van der Waals surface area contributed by atoms with E-state index < -0.39 is 0 Å². The molecule has 3 atom stereocenters. The van der Waals surface area contributed by atoms with Crippen molar-refractivity contribution in [2.24, 2.45) is 13.0 Å². The van der Waals surface area contributed by atoms with Crippen molar-refractivity contribution in [3.8, 4) is 0 Å². The lowest BCUT2D eigenvalue weighted by Gasteiger charge is -2.27. The fourth-order valence-corrected chi connectivity index (χ4v) is 3.96. The molecule has 2 fully saturated rings. The van der Waals surface area contributed by atoms with Crippen LogP contribution < -0.4 is 5.32 Å². The number of likely N-dealkylation sites (tertiary alicyclic amines) is 1. The highest BCUT2D eigenvalue weighted by molar-refractivity contribution is 5.20. The predicted molar refractivity (Wildman–Crippen MR) is 90.0 cm³/mol. The molecule has 0 amide bonds. The maximum atomic E-state index is 13.6. The number of aryl methyl sites for hydroxylation is 1. The van der Waals surface area contributed by atoms with Crippen molar-refractivity contribution in [2.75, 3.05) is 20.1 Å². The predicted octanol–water partition coefficient (Wildman–Crippen LogP) is 2.09. The van der Waals surface area contributed by atoms with Crippen LogP contribution in [-0.4, -0.2) is 45.6 Å². The first-order chi connectivity index (χ1) is 11.6. The van der Waals surface area contributed by atoms with E-state index in [-0.39, 0.29) is 11.9 Å². The van der Waals surface area contributed by atoms with Crippen molar-refractivity contribution in [3.05, 3.63) is 48.1 Å². The first-order valence-electron chi connectivity index (χ1n) is 8.63. The summed E-state index contributed by atoms with van der Waals surface area (Å²) in [6.07, 6.45) is 9.31. The topological polar surface area (TPSA) is 46.0 Å². The normalized spacial score (nSPS) is 26.0. The molecule has 0 aromatic carbocycles. The lowest BCUT2D eigenvalue weighted by atomic mass is 9.96. The van der Waals surface area contributed by atoms with Gasteiger partial charge in [0.25, 0.3) is 0 Å². The minimum Gasteiger partial charge on any atom is -0.337 e. The second-order valence-corrected chi connectivity index (χ2v) is 7.28. The number of hydrogen-bond acceptors (Lipinski definition) is 4. The highest BCUT2D eigenvalue weighted by Gasteiger charge is 2.39. The lowest BCUT2D eigenvalue weighted by Crippen LogP contribution is -2.39. The van der Waals surface area contributed by atoms with Crippen molar-refractivity contribution in [1.29, 1.82) is 0 Å². The van der Waals surface area contributed by atoms with Gasteiger partial charge in [0, 0.05) is 56.2 Å². The third-order valence-electron chi connectivity index (χ3n) is 5.31. The smallest absolute Gasteiger partial charge is 0.141 e. The van der Waals surface area contributed by atoms with Crippen LogP contribution in [0.5, 0.6) is 0 Å². The third-order valence-corrected chi connectivity index (χ3v) is 5.31. The average Bonchev–Trinajstić information content (AvgIpc) is 3.20. The number of halogens is 1. The molecule has 2 aliphatic rings. The third kappa shape index (κ3) is 3.08. The largest absolute Gasteiger partial charge is 0.337 e. The van der Waals surface area contributed by atoms with Crippen molar-refractivity contribution in [2.45, 2.75) is 30.8 Å². The lowest BCUT2D eigenvalue weighted by molar-refractivity contribution is 0.365. The van der Waals surface area contributed by atoms with Gasteiger partial charge in [-0.25, -0.2) is 9.37 Å². The van der Waals surface area contributed by atoms with Crippen molar-refractivity contribution >= 4 is 0 Å². The molecule has 1 aliphatic heterocycles. The van der Waals surface area contributed by atoms with Gasteiger partial charge in [-0.05, 0) is 37.4 Å². The molecule has 5 nitrogen and oxygen atoms in total. The quantitative estimate of drug-likeness (QED) is 0.912. The van der Waals surface area contributed by atoms with Gasteiger partial charge in [-0.1, -0.05) is 0 Å². The van der Waals surface area contributed by atoms with Gasteiger partial charge >= 0.3 is 0 Å². The molecule has 4 rings (SSSR count). The Labute approximate surface area is 141 Å². The maximum Gasteiger partial charge on any atom is 0.141 e.